The third-order valence-electron chi connectivity index (χ3n) is 3.76. The number of aliphatic hydroxyl groups is 1. The average molecular weight is 469 g/mol. The minimum Gasteiger partial charge on any atom is -0.415 e. The first kappa shape index (κ1) is 26.7. The van der Waals surface area contributed by atoms with Gasteiger partial charge in [-0.15, -0.1) is 0 Å². The van der Waals surface area contributed by atoms with Crippen molar-refractivity contribution in [1.29, 1.82) is 0 Å². The summed E-state index contributed by atoms with van der Waals surface area (Å²) in [6, 6.07) is 0. The van der Waals surface area contributed by atoms with Gasteiger partial charge in [0.2, 0.25) is 0 Å². The zero-order chi connectivity index (χ0) is 22.1. The fourth-order valence-electron chi connectivity index (χ4n) is 3.02. The largest absolute Gasteiger partial charge is 0.415 e. The molecule has 1 fully saturated rings. The predicted molar refractivity (Wildman–Crippen MR) is 125 cm³/mol. The Morgan fingerprint density at radius 2 is 1.18 bits per heavy atom. The Labute approximate surface area is 176 Å². The van der Waals surface area contributed by atoms with Crippen molar-refractivity contribution in [2.24, 2.45) is 0 Å². The Morgan fingerprint density at radius 3 is 1.57 bits per heavy atom. The smallest absolute Gasteiger partial charge is 0.184 e. The van der Waals surface area contributed by atoms with Crippen molar-refractivity contribution in [3.05, 3.63) is 0 Å². The van der Waals surface area contributed by atoms with E-state index in [2.05, 4.69) is 78.6 Å². The third-order valence-corrected chi connectivity index (χ3v) is 7.76. The van der Waals surface area contributed by atoms with Gasteiger partial charge in [-0.3, -0.25) is 0 Å². The first-order valence-corrected chi connectivity index (χ1v) is 23.9. The molecule has 0 aliphatic carbocycles. The van der Waals surface area contributed by atoms with Crippen LogP contribution in [0.25, 0.3) is 0 Å². The Bertz CT molecular complexity index is 492. The number of rotatable bonds is 10. The highest BCUT2D eigenvalue weighted by molar-refractivity contribution is 6.71. The van der Waals surface area contributed by atoms with E-state index in [1.54, 1.807) is 0 Å². The van der Waals surface area contributed by atoms with Crippen LogP contribution in [0.1, 0.15) is 0 Å². The third kappa shape index (κ3) is 10.1. The minimum atomic E-state index is -1.91. The molecule has 1 saturated heterocycles. The molecule has 1 heterocycles. The molecule has 1 N–H and O–H groups in total. The van der Waals surface area contributed by atoms with Crippen LogP contribution in [0, 0.1) is 0 Å². The van der Waals surface area contributed by atoms with E-state index in [0.717, 1.165) is 0 Å². The summed E-state index contributed by atoms with van der Waals surface area (Å²) in [4.78, 5) is 0. The summed E-state index contributed by atoms with van der Waals surface area (Å²) in [5.74, 6) is 0. The van der Waals surface area contributed by atoms with E-state index >= 15 is 0 Å². The molecule has 28 heavy (non-hydrogen) atoms. The van der Waals surface area contributed by atoms with Gasteiger partial charge in [0.05, 0.1) is 12.7 Å². The van der Waals surface area contributed by atoms with Crippen LogP contribution in [-0.2, 0) is 22.4 Å². The number of hydrogen-bond donors (Lipinski definition) is 1. The van der Waals surface area contributed by atoms with E-state index < -0.39 is 51.8 Å². The Morgan fingerprint density at radius 1 is 0.714 bits per heavy atom. The minimum absolute atomic E-state index is 0.287. The summed E-state index contributed by atoms with van der Waals surface area (Å²) in [5, 5.41) is 10.7. The fraction of sp³-hybridized carbons (Fsp3) is 1.00. The predicted octanol–water partition coefficient (Wildman–Crippen LogP) is 4.22. The molecular weight excluding hydrogens is 425 g/mol. The summed E-state index contributed by atoms with van der Waals surface area (Å²) in [5.41, 5.74) is 0. The maximum atomic E-state index is 10.7. The molecule has 1 aliphatic rings. The molecule has 0 saturated carbocycles. The van der Waals surface area contributed by atoms with Crippen molar-refractivity contribution in [3.63, 3.8) is 0 Å². The van der Waals surface area contributed by atoms with Crippen molar-refractivity contribution in [2.75, 3.05) is 6.61 Å². The summed E-state index contributed by atoms with van der Waals surface area (Å²) >= 11 is 0. The first-order valence-electron chi connectivity index (χ1n) is 10.3. The van der Waals surface area contributed by atoms with E-state index in [1.165, 1.54) is 0 Å². The fourth-order valence-corrected chi connectivity index (χ4v) is 6.95. The van der Waals surface area contributed by atoms with Gasteiger partial charge >= 0.3 is 0 Å². The average Bonchev–Trinajstić information content (AvgIpc) is 2.66. The molecule has 5 unspecified atom stereocenters. The van der Waals surface area contributed by atoms with E-state index in [0.29, 0.717) is 6.61 Å². The molecule has 1 rings (SSSR count). The van der Waals surface area contributed by atoms with Crippen molar-refractivity contribution in [1.82, 2.24) is 0 Å². The molecule has 1 aliphatic heterocycles. The molecule has 0 radical (unpaired) electrons. The highest BCUT2D eigenvalue weighted by atomic mass is 28.4. The molecule has 0 aromatic rings. The van der Waals surface area contributed by atoms with Crippen molar-refractivity contribution in [2.45, 2.75) is 109 Å². The second kappa shape index (κ2) is 9.41. The van der Waals surface area contributed by atoms with Crippen LogP contribution < -0.4 is 0 Å². The first-order chi connectivity index (χ1) is 12.3. The van der Waals surface area contributed by atoms with Crippen LogP contribution in [0.15, 0.2) is 0 Å². The molecule has 10 heteroatoms. The van der Waals surface area contributed by atoms with Crippen LogP contribution >= 0.6 is 0 Å². The zero-order valence-corrected chi connectivity index (χ0v) is 24.1. The lowest BCUT2D eigenvalue weighted by atomic mass is 10.1. The summed E-state index contributed by atoms with van der Waals surface area (Å²) in [6.45, 7) is 26.2. The van der Waals surface area contributed by atoms with Gasteiger partial charge in [-0.1, -0.05) is 0 Å². The Kier molecular flexibility index (Phi) is 8.96. The van der Waals surface area contributed by atoms with Crippen LogP contribution in [-0.4, -0.2) is 75.7 Å². The number of hydrogen-bond acceptors (Lipinski definition) is 6. The monoisotopic (exact) mass is 468 g/mol. The summed E-state index contributed by atoms with van der Waals surface area (Å²) in [6.07, 6.45) is -2.57. The van der Waals surface area contributed by atoms with E-state index in [9.17, 15) is 5.11 Å². The van der Waals surface area contributed by atoms with Gasteiger partial charge in [-0.2, -0.15) is 0 Å². The molecule has 0 spiro atoms. The standard InChI is InChI=1S/C18H44O6Si4/c1-25(2,3)20-13-14(22-26(4,5)6)15-16(23-27(7,8)9)17(18(19)21-15)24-28(10,11)12/h14-19H,13H2,1-12H3. The zero-order valence-electron chi connectivity index (χ0n) is 20.1. The van der Waals surface area contributed by atoms with Crippen LogP contribution in [0.4, 0.5) is 0 Å². The van der Waals surface area contributed by atoms with Crippen molar-refractivity contribution in [3.8, 4) is 0 Å². The summed E-state index contributed by atoms with van der Waals surface area (Å²) in [7, 11) is -7.40. The van der Waals surface area contributed by atoms with E-state index in [-0.39, 0.29) is 12.2 Å². The van der Waals surface area contributed by atoms with Crippen molar-refractivity contribution >= 4 is 33.3 Å². The SMILES string of the molecule is C[Si](C)(C)OCC(O[Si](C)(C)C)C1OC(O)C(O[Si](C)(C)C)C1O[Si](C)(C)C. The number of ether oxygens (including phenoxy) is 1. The Balaban J connectivity index is 3.18. The lowest BCUT2D eigenvalue weighted by molar-refractivity contribution is -0.144. The van der Waals surface area contributed by atoms with Crippen LogP contribution in [0.3, 0.4) is 0 Å². The molecular formula is C18H44O6Si4. The van der Waals surface area contributed by atoms with Gasteiger partial charge in [0.25, 0.3) is 0 Å². The van der Waals surface area contributed by atoms with Gasteiger partial charge in [-0.05, 0) is 78.6 Å². The Hall–Kier alpha value is 0.628. The maximum absolute atomic E-state index is 10.7. The number of aliphatic hydroxyl groups excluding tert-OH is 1. The van der Waals surface area contributed by atoms with Gasteiger partial charge < -0.3 is 27.5 Å². The van der Waals surface area contributed by atoms with Gasteiger partial charge in [0.1, 0.15) is 18.3 Å². The van der Waals surface area contributed by atoms with E-state index in [4.69, 9.17) is 22.4 Å². The van der Waals surface area contributed by atoms with E-state index in [1.807, 2.05) is 0 Å². The molecule has 0 bridgehead atoms. The quantitative estimate of drug-likeness (QED) is 0.484. The second-order valence-electron chi connectivity index (χ2n) is 11.6. The maximum Gasteiger partial charge on any atom is 0.184 e. The van der Waals surface area contributed by atoms with Crippen LogP contribution in [0.5, 0.6) is 0 Å². The van der Waals surface area contributed by atoms with Gasteiger partial charge in [0.15, 0.2) is 39.6 Å². The van der Waals surface area contributed by atoms with Gasteiger partial charge in [-0.25, -0.2) is 0 Å². The second-order valence-corrected chi connectivity index (χ2v) is 29.5. The molecule has 0 aromatic carbocycles. The normalized spacial score (nSPS) is 28.6. The van der Waals surface area contributed by atoms with Crippen molar-refractivity contribution < 1.29 is 27.5 Å². The highest BCUT2D eigenvalue weighted by Crippen LogP contribution is 2.33. The molecule has 6 nitrogen and oxygen atoms in total. The van der Waals surface area contributed by atoms with Gasteiger partial charge in [0, 0.05) is 0 Å². The lowest BCUT2D eigenvalue weighted by Crippen LogP contribution is -2.53. The molecule has 0 aromatic heterocycles. The molecule has 5 atom stereocenters. The topological polar surface area (TPSA) is 66.4 Å². The summed E-state index contributed by atoms with van der Waals surface area (Å²) < 4.78 is 31.5. The molecule has 0 amide bonds. The van der Waals surface area contributed by atoms with Crippen LogP contribution in [0.2, 0.25) is 78.6 Å². The molecule has 168 valence electrons. The lowest BCUT2D eigenvalue weighted by Gasteiger charge is -2.37. The highest BCUT2D eigenvalue weighted by Gasteiger charge is 2.52.